The third kappa shape index (κ3) is 2.78. The zero-order valence-electron chi connectivity index (χ0n) is 17.5. The lowest BCUT2D eigenvalue weighted by molar-refractivity contribution is 0.00578. The van der Waals surface area contributed by atoms with E-state index < -0.39 is 28.2 Å². The first-order chi connectivity index (χ1) is 14.1. The molecule has 3 aromatic carbocycles. The molecule has 3 aromatic rings. The summed E-state index contributed by atoms with van der Waals surface area (Å²) < 4.78 is 38.1. The number of sulfone groups is 1. The van der Waals surface area contributed by atoms with Crippen molar-refractivity contribution in [3.63, 3.8) is 0 Å². The van der Waals surface area contributed by atoms with Gasteiger partial charge in [-0.25, -0.2) is 8.42 Å². The smallest absolute Gasteiger partial charge is 0.399 e. The van der Waals surface area contributed by atoms with Crippen molar-refractivity contribution in [3.05, 3.63) is 66.7 Å². The summed E-state index contributed by atoms with van der Waals surface area (Å²) >= 11 is 0. The van der Waals surface area contributed by atoms with E-state index in [0.29, 0.717) is 9.79 Å². The third-order valence-corrected chi connectivity index (χ3v) is 8.35. The van der Waals surface area contributed by atoms with Crippen LogP contribution in [0.15, 0.2) is 76.5 Å². The maximum atomic E-state index is 12.8. The predicted octanol–water partition coefficient (Wildman–Crippen LogP) is 4.47. The van der Waals surface area contributed by atoms with E-state index in [1.54, 1.807) is 18.2 Å². The molecule has 0 atom stereocenters. The third-order valence-electron chi connectivity index (χ3n) is 6.48. The van der Waals surface area contributed by atoms with E-state index >= 15 is 0 Å². The minimum atomic E-state index is -3.45. The van der Waals surface area contributed by atoms with E-state index in [-0.39, 0.29) is 0 Å². The van der Waals surface area contributed by atoms with Gasteiger partial charge in [0.15, 0.2) is 0 Å². The van der Waals surface area contributed by atoms with Crippen molar-refractivity contribution in [2.75, 3.05) is 0 Å². The Labute approximate surface area is 177 Å². The summed E-state index contributed by atoms with van der Waals surface area (Å²) in [5.41, 5.74) is 3.60. The van der Waals surface area contributed by atoms with Crippen LogP contribution in [0.25, 0.3) is 22.3 Å². The number of hydrogen-bond donors (Lipinski definition) is 0. The molecule has 30 heavy (non-hydrogen) atoms. The normalized spacial score (nSPS) is 20.1. The lowest BCUT2D eigenvalue weighted by Gasteiger charge is -2.32. The molecule has 0 aromatic heterocycles. The summed E-state index contributed by atoms with van der Waals surface area (Å²) in [6.45, 7) is 8.15. The Morgan fingerprint density at radius 1 is 0.700 bits per heavy atom. The first-order valence-electron chi connectivity index (χ1n) is 10.0. The van der Waals surface area contributed by atoms with E-state index in [1.807, 2.05) is 70.2 Å². The summed E-state index contributed by atoms with van der Waals surface area (Å²) in [5, 5.41) is 0. The number of fused-ring (bicyclic) bond motifs is 3. The second-order valence-corrected chi connectivity index (χ2v) is 10.8. The maximum absolute atomic E-state index is 12.8. The highest BCUT2D eigenvalue weighted by molar-refractivity contribution is 7.92. The lowest BCUT2D eigenvalue weighted by atomic mass is 9.78. The summed E-state index contributed by atoms with van der Waals surface area (Å²) in [6, 6.07) is 20.8. The molecule has 0 N–H and O–H groups in total. The highest BCUT2D eigenvalue weighted by atomic mass is 32.2. The Balaban J connectivity index is 1.56. The molecular weight excluding hydrogens is 395 g/mol. The predicted molar refractivity (Wildman–Crippen MR) is 118 cm³/mol. The van der Waals surface area contributed by atoms with Crippen LogP contribution in [0.1, 0.15) is 27.7 Å². The molecule has 4 nitrogen and oxygen atoms in total. The van der Waals surface area contributed by atoms with Gasteiger partial charge in [-0.2, -0.15) is 0 Å². The summed E-state index contributed by atoms with van der Waals surface area (Å²) in [6.07, 6.45) is 0. The average molecular weight is 418 g/mol. The Morgan fingerprint density at radius 3 is 2.07 bits per heavy atom. The van der Waals surface area contributed by atoms with Gasteiger partial charge in [0.05, 0.1) is 21.0 Å². The SMILES string of the molecule is CC1(C)OB(c2cccc(-c3ccc4c(c3)-c3ccccc3S4(=O)=O)c2)OC1(C)C. The Morgan fingerprint density at radius 2 is 1.33 bits per heavy atom. The van der Waals surface area contributed by atoms with Crippen LogP contribution in [0.2, 0.25) is 0 Å². The maximum Gasteiger partial charge on any atom is 0.494 e. The van der Waals surface area contributed by atoms with Gasteiger partial charge in [-0.15, -0.1) is 0 Å². The number of rotatable bonds is 2. The summed E-state index contributed by atoms with van der Waals surface area (Å²) in [7, 11) is -3.89. The number of benzene rings is 3. The molecule has 0 unspecified atom stereocenters. The van der Waals surface area contributed by atoms with Crippen LogP contribution in [0.5, 0.6) is 0 Å². The fourth-order valence-corrected chi connectivity index (χ4v) is 5.71. The van der Waals surface area contributed by atoms with Gasteiger partial charge in [-0.1, -0.05) is 48.5 Å². The molecule has 6 heteroatoms. The Bertz CT molecular complexity index is 1260. The Kier molecular flexibility index (Phi) is 4.10. The van der Waals surface area contributed by atoms with Crippen molar-refractivity contribution in [1.82, 2.24) is 0 Å². The van der Waals surface area contributed by atoms with Crippen LogP contribution in [0.3, 0.4) is 0 Å². The van der Waals surface area contributed by atoms with E-state index in [2.05, 4.69) is 6.07 Å². The van der Waals surface area contributed by atoms with Crippen molar-refractivity contribution < 1.29 is 17.7 Å². The standard InChI is InChI=1S/C24H23BO4S/c1-23(2)24(3,4)29-25(28-23)18-9-7-8-16(14-18)17-12-13-22-20(15-17)19-10-5-6-11-21(19)30(22,26)27/h5-15H,1-4H3. The average Bonchev–Trinajstić information content (AvgIpc) is 3.08. The van der Waals surface area contributed by atoms with Crippen molar-refractivity contribution in [2.24, 2.45) is 0 Å². The fourth-order valence-electron chi connectivity index (χ4n) is 4.04. The number of hydrogen-bond acceptors (Lipinski definition) is 4. The second-order valence-electron chi connectivity index (χ2n) is 8.92. The minimum absolute atomic E-state index is 0.370. The lowest BCUT2D eigenvalue weighted by Crippen LogP contribution is -2.41. The second kappa shape index (κ2) is 6.30. The fraction of sp³-hybridized carbons (Fsp3) is 0.250. The zero-order valence-corrected chi connectivity index (χ0v) is 18.3. The molecule has 0 amide bonds. The van der Waals surface area contributed by atoms with Gasteiger partial charge in [0.25, 0.3) is 0 Å². The molecular formula is C24H23BO4S. The molecule has 0 radical (unpaired) electrons. The molecule has 2 aliphatic rings. The molecule has 5 rings (SSSR count). The van der Waals surface area contributed by atoms with Gasteiger partial charge in [-0.05, 0) is 62.5 Å². The molecule has 0 bridgehead atoms. The molecule has 2 aliphatic heterocycles. The Hall–Kier alpha value is -2.41. The quantitative estimate of drug-likeness (QED) is 0.451. The van der Waals surface area contributed by atoms with E-state index in [9.17, 15) is 8.42 Å². The van der Waals surface area contributed by atoms with Crippen LogP contribution in [0.4, 0.5) is 0 Å². The topological polar surface area (TPSA) is 52.6 Å². The van der Waals surface area contributed by atoms with Gasteiger partial charge in [0, 0.05) is 11.1 Å². The van der Waals surface area contributed by atoms with Gasteiger partial charge >= 0.3 is 7.12 Å². The van der Waals surface area contributed by atoms with E-state index in [4.69, 9.17) is 9.31 Å². The minimum Gasteiger partial charge on any atom is -0.399 e. The first kappa shape index (κ1) is 19.6. The molecule has 0 spiro atoms. The van der Waals surface area contributed by atoms with Gasteiger partial charge in [0.2, 0.25) is 9.84 Å². The molecule has 0 saturated carbocycles. The van der Waals surface area contributed by atoms with Gasteiger partial charge in [0.1, 0.15) is 0 Å². The molecule has 1 saturated heterocycles. The summed E-state index contributed by atoms with van der Waals surface area (Å²) in [5.74, 6) is 0. The van der Waals surface area contributed by atoms with Crippen molar-refractivity contribution in [2.45, 2.75) is 48.7 Å². The monoisotopic (exact) mass is 418 g/mol. The van der Waals surface area contributed by atoms with E-state index in [0.717, 1.165) is 27.7 Å². The first-order valence-corrected chi connectivity index (χ1v) is 11.5. The molecule has 1 fully saturated rings. The van der Waals surface area contributed by atoms with Crippen molar-refractivity contribution >= 4 is 22.4 Å². The van der Waals surface area contributed by atoms with Crippen LogP contribution in [-0.4, -0.2) is 26.7 Å². The van der Waals surface area contributed by atoms with Crippen LogP contribution in [0, 0.1) is 0 Å². The van der Waals surface area contributed by atoms with Crippen LogP contribution in [-0.2, 0) is 19.1 Å². The van der Waals surface area contributed by atoms with Gasteiger partial charge in [-0.3, -0.25) is 0 Å². The molecule has 2 heterocycles. The van der Waals surface area contributed by atoms with Crippen molar-refractivity contribution in [3.8, 4) is 22.3 Å². The van der Waals surface area contributed by atoms with Crippen molar-refractivity contribution in [1.29, 1.82) is 0 Å². The summed E-state index contributed by atoms with van der Waals surface area (Å²) in [4.78, 5) is 0.748. The van der Waals surface area contributed by atoms with Gasteiger partial charge < -0.3 is 9.31 Å². The molecule has 152 valence electrons. The highest BCUT2D eigenvalue weighted by Gasteiger charge is 2.51. The largest absolute Gasteiger partial charge is 0.494 e. The molecule has 0 aliphatic carbocycles. The highest BCUT2D eigenvalue weighted by Crippen LogP contribution is 2.44. The van der Waals surface area contributed by atoms with Crippen LogP contribution >= 0.6 is 0 Å². The van der Waals surface area contributed by atoms with Crippen LogP contribution < -0.4 is 5.46 Å². The zero-order chi connectivity index (χ0) is 21.3. The van der Waals surface area contributed by atoms with E-state index in [1.165, 1.54) is 0 Å².